The third-order valence-electron chi connectivity index (χ3n) is 8.38. The molecule has 2 N–H and O–H groups in total. The highest BCUT2D eigenvalue weighted by Crippen LogP contribution is 2.42. The summed E-state index contributed by atoms with van der Waals surface area (Å²) in [4.78, 5) is 13.8. The molecule has 0 bridgehead atoms. The largest absolute Gasteiger partial charge is 0.392 e. The molecule has 7 heteroatoms. The predicted molar refractivity (Wildman–Crippen MR) is 159 cm³/mol. The van der Waals surface area contributed by atoms with Gasteiger partial charge >= 0.3 is 0 Å². The van der Waals surface area contributed by atoms with Crippen LogP contribution in [0.15, 0.2) is 72.8 Å². The summed E-state index contributed by atoms with van der Waals surface area (Å²) in [6.45, 7) is 6.89. The fraction of sp³-hybridized carbons (Fsp3) is 0.441. The zero-order chi connectivity index (χ0) is 28.8. The van der Waals surface area contributed by atoms with E-state index in [1.54, 1.807) is 7.11 Å². The quantitative estimate of drug-likeness (QED) is 0.348. The van der Waals surface area contributed by atoms with Gasteiger partial charge in [0, 0.05) is 44.6 Å². The second-order valence-electron chi connectivity index (χ2n) is 11.3. The lowest BCUT2D eigenvalue weighted by Crippen LogP contribution is -2.46. The molecule has 1 amide bonds. The molecule has 5 rings (SSSR count). The number of nitrogens with zero attached hydrogens (tertiary/aromatic N) is 1. The predicted octanol–water partition coefficient (Wildman–Crippen LogP) is 5.38. The molecule has 2 aliphatic heterocycles. The lowest BCUT2D eigenvalue weighted by molar-refractivity contribution is -0.276. The van der Waals surface area contributed by atoms with Crippen molar-refractivity contribution in [3.63, 3.8) is 0 Å². The number of amides is 1. The van der Waals surface area contributed by atoms with Gasteiger partial charge in [-0.15, -0.1) is 0 Å². The molecular weight excluding hydrogens is 516 g/mol. The molecule has 5 atom stereocenters. The SMILES string of the molecule is COC[C@@H]1CCCN1C[C@@H]1O[C@H](c2ccc(-c3cccc(CNC(C)=O)c3)cc2)O[C@H](c2ccc(CO)cc2)[C@@H]1C. The van der Waals surface area contributed by atoms with Gasteiger partial charge in [0.15, 0.2) is 6.29 Å². The lowest BCUT2D eigenvalue weighted by Gasteiger charge is -2.43. The van der Waals surface area contributed by atoms with E-state index in [-0.39, 0.29) is 30.6 Å². The fourth-order valence-electron chi connectivity index (χ4n) is 6.00. The van der Waals surface area contributed by atoms with Crippen molar-refractivity contribution in [1.82, 2.24) is 10.2 Å². The van der Waals surface area contributed by atoms with E-state index in [1.807, 2.05) is 24.3 Å². The summed E-state index contributed by atoms with van der Waals surface area (Å²) in [5.41, 5.74) is 6.20. The maximum atomic E-state index is 11.3. The number of benzene rings is 3. The van der Waals surface area contributed by atoms with Gasteiger partial charge in [-0.2, -0.15) is 0 Å². The number of carbonyl (C=O) groups excluding carboxylic acids is 1. The minimum Gasteiger partial charge on any atom is -0.392 e. The van der Waals surface area contributed by atoms with Crippen LogP contribution in [0.5, 0.6) is 0 Å². The van der Waals surface area contributed by atoms with E-state index < -0.39 is 6.29 Å². The summed E-state index contributed by atoms with van der Waals surface area (Å²) in [6, 6.07) is 25.1. The van der Waals surface area contributed by atoms with Crippen LogP contribution in [0.4, 0.5) is 0 Å². The molecule has 2 saturated heterocycles. The lowest BCUT2D eigenvalue weighted by atomic mass is 9.89. The molecule has 7 nitrogen and oxygen atoms in total. The zero-order valence-corrected chi connectivity index (χ0v) is 24.3. The number of hydrogen-bond donors (Lipinski definition) is 2. The van der Waals surface area contributed by atoms with E-state index in [1.165, 1.54) is 13.3 Å². The van der Waals surface area contributed by atoms with Crippen molar-refractivity contribution >= 4 is 5.91 Å². The first-order chi connectivity index (χ1) is 19.9. The number of carbonyl (C=O) groups is 1. The van der Waals surface area contributed by atoms with Gasteiger partial charge in [0.25, 0.3) is 0 Å². The standard InChI is InChI=1S/C34H42N2O5/c1-23-32(20-36-17-5-8-31(36)22-39-3)40-34(41-33(23)28-11-9-25(21-37)10-12-28)29-15-13-27(14-16-29)30-7-4-6-26(18-30)19-35-24(2)38/h4,6-7,9-16,18,23,31-34,37H,5,8,17,19-22H2,1-3H3,(H,35,38)/t23-,31+,32+,33+,34+/m1/s1. The molecule has 3 aromatic carbocycles. The maximum Gasteiger partial charge on any atom is 0.217 e. The molecule has 0 spiro atoms. The molecule has 0 aliphatic carbocycles. The summed E-state index contributed by atoms with van der Waals surface area (Å²) < 4.78 is 18.9. The Kier molecular flexibility index (Phi) is 9.85. The van der Waals surface area contributed by atoms with Crippen LogP contribution >= 0.6 is 0 Å². The summed E-state index contributed by atoms with van der Waals surface area (Å²) >= 11 is 0. The van der Waals surface area contributed by atoms with Crippen LogP contribution in [-0.4, -0.2) is 54.9 Å². The van der Waals surface area contributed by atoms with Crippen LogP contribution in [0.2, 0.25) is 0 Å². The van der Waals surface area contributed by atoms with Gasteiger partial charge in [0.05, 0.1) is 25.4 Å². The molecule has 2 fully saturated rings. The second-order valence-corrected chi connectivity index (χ2v) is 11.3. The molecular formula is C34H42N2O5. The van der Waals surface area contributed by atoms with Crippen molar-refractivity contribution in [2.24, 2.45) is 5.92 Å². The number of hydrogen-bond acceptors (Lipinski definition) is 6. The van der Waals surface area contributed by atoms with Gasteiger partial charge in [-0.3, -0.25) is 9.69 Å². The van der Waals surface area contributed by atoms with E-state index >= 15 is 0 Å². The van der Waals surface area contributed by atoms with E-state index in [0.717, 1.165) is 59.5 Å². The van der Waals surface area contributed by atoms with Crippen LogP contribution in [0, 0.1) is 5.92 Å². The number of aliphatic hydroxyl groups excluding tert-OH is 1. The molecule has 0 radical (unpaired) electrons. The Morgan fingerprint density at radius 2 is 1.76 bits per heavy atom. The third-order valence-corrected chi connectivity index (χ3v) is 8.38. The average molecular weight is 559 g/mol. The van der Waals surface area contributed by atoms with E-state index in [2.05, 4.69) is 65.7 Å². The van der Waals surface area contributed by atoms with Gasteiger partial charge in [-0.05, 0) is 53.3 Å². The first kappa shape index (κ1) is 29.4. The van der Waals surface area contributed by atoms with E-state index in [0.29, 0.717) is 12.6 Å². The number of nitrogens with one attached hydrogen (secondary N) is 1. The molecule has 0 saturated carbocycles. The van der Waals surface area contributed by atoms with Gasteiger partial charge in [0.1, 0.15) is 0 Å². The van der Waals surface area contributed by atoms with Gasteiger partial charge in [-0.1, -0.05) is 73.7 Å². The van der Waals surface area contributed by atoms with Crippen LogP contribution in [-0.2, 0) is 32.2 Å². The number of rotatable bonds is 10. The van der Waals surface area contributed by atoms with Gasteiger partial charge in [-0.25, -0.2) is 0 Å². The normalized spacial score (nSPS) is 24.8. The molecule has 2 heterocycles. The Bertz CT molecular complexity index is 1280. The summed E-state index contributed by atoms with van der Waals surface area (Å²) in [5.74, 6) is 0.0992. The van der Waals surface area contributed by atoms with Crippen molar-refractivity contribution < 1.29 is 24.1 Å². The average Bonchev–Trinajstić information content (AvgIpc) is 3.44. The smallest absolute Gasteiger partial charge is 0.217 e. The van der Waals surface area contributed by atoms with Crippen LogP contribution < -0.4 is 5.32 Å². The number of likely N-dealkylation sites (tertiary alicyclic amines) is 1. The van der Waals surface area contributed by atoms with Crippen molar-refractivity contribution in [2.75, 3.05) is 26.8 Å². The molecule has 2 aliphatic rings. The van der Waals surface area contributed by atoms with E-state index in [4.69, 9.17) is 14.2 Å². The number of methoxy groups -OCH3 is 1. The van der Waals surface area contributed by atoms with Crippen LogP contribution in [0.25, 0.3) is 11.1 Å². The van der Waals surface area contributed by atoms with Crippen molar-refractivity contribution in [1.29, 1.82) is 0 Å². The monoisotopic (exact) mass is 558 g/mol. The fourth-order valence-corrected chi connectivity index (χ4v) is 6.00. The van der Waals surface area contributed by atoms with Crippen LogP contribution in [0.1, 0.15) is 61.3 Å². The van der Waals surface area contributed by atoms with Crippen molar-refractivity contribution in [3.8, 4) is 11.1 Å². The first-order valence-corrected chi connectivity index (χ1v) is 14.6. The van der Waals surface area contributed by atoms with Gasteiger partial charge in [0.2, 0.25) is 5.91 Å². The highest BCUT2D eigenvalue weighted by molar-refractivity contribution is 5.73. The Morgan fingerprint density at radius 1 is 1.00 bits per heavy atom. The van der Waals surface area contributed by atoms with Crippen molar-refractivity contribution in [2.45, 2.75) is 64.4 Å². The number of aliphatic hydroxyl groups is 1. The third kappa shape index (κ3) is 7.23. The second kappa shape index (κ2) is 13.7. The highest BCUT2D eigenvalue weighted by atomic mass is 16.7. The molecule has 218 valence electrons. The summed E-state index contributed by atoms with van der Waals surface area (Å²) in [6.07, 6.45) is 1.67. The molecule has 41 heavy (non-hydrogen) atoms. The maximum absolute atomic E-state index is 11.3. The Morgan fingerprint density at radius 3 is 2.46 bits per heavy atom. The number of ether oxygens (including phenoxy) is 3. The van der Waals surface area contributed by atoms with Crippen molar-refractivity contribution in [3.05, 3.63) is 95.1 Å². The molecule has 0 aromatic heterocycles. The Hall–Kier alpha value is -3.07. The van der Waals surface area contributed by atoms with E-state index in [9.17, 15) is 9.90 Å². The molecule has 3 aromatic rings. The van der Waals surface area contributed by atoms with Gasteiger partial charge < -0.3 is 24.6 Å². The first-order valence-electron chi connectivity index (χ1n) is 14.6. The minimum atomic E-state index is -0.498. The molecule has 0 unspecified atom stereocenters. The Labute approximate surface area is 243 Å². The van der Waals surface area contributed by atoms with Crippen LogP contribution in [0.3, 0.4) is 0 Å². The topological polar surface area (TPSA) is 80.3 Å². The minimum absolute atomic E-state index is 0.0149. The highest BCUT2D eigenvalue weighted by Gasteiger charge is 2.40. The Balaban J connectivity index is 1.37. The summed E-state index contributed by atoms with van der Waals surface area (Å²) in [7, 11) is 1.77. The zero-order valence-electron chi connectivity index (χ0n) is 24.3. The summed E-state index contributed by atoms with van der Waals surface area (Å²) in [5, 5.41) is 12.4.